The zero-order valence-corrected chi connectivity index (χ0v) is 27.8. The van der Waals surface area contributed by atoms with E-state index in [-0.39, 0.29) is 22.7 Å². The first kappa shape index (κ1) is 35.5. The van der Waals surface area contributed by atoms with Gasteiger partial charge in [-0.2, -0.15) is 8.78 Å². The van der Waals surface area contributed by atoms with E-state index in [2.05, 4.69) is 26.3 Å². The van der Waals surface area contributed by atoms with Crippen molar-refractivity contribution in [1.29, 1.82) is 0 Å². The molecule has 0 aliphatic carbocycles. The first-order valence-electron chi connectivity index (χ1n) is 16.8. The van der Waals surface area contributed by atoms with Crippen LogP contribution < -0.4 is 20.7 Å². The van der Waals surface area contributed by atoms with E-state index < -0.39 is 101 Å². The number of anilines is 1. The molecule has 20 heteroatoms. The van der Waals surface area contributed by atoms with Gasteiger partial charge in [0.2, 0.25) is 11.6 Å². The summed E-state index contributed by atoms with van der Waals surface area (Å²) in [5, 5.41) is 15.7. The van der Waals surface area contributed by atoms with Gasteiger partial charge in [0.1, 0.15) is 30.9 Å². The average Bonchev–Trinajstić information content (AvgIpc) is 3.99. The van der Waals surface area contributed by atoms with Crippen molar-refractivity contribution < 1.29 is 53.0 Å². The first-order valence-corrected chi connectivity index (χ1v) is 16.8. The first-order chi connectivity index (χ1) is 25.9. The Hall–Kier alpha value is -5.53. The Morgan fingerprint density at radius 3 is 2.35 bits per heavy atom. The van der Waals surface area contributed by atoms with Crippen molar-refractivity contribution in [3.8, 4) is 5.75 Å². The minimum absolute atomic E-state index is 0.135. The van der Waals surface area contributed by atoms with Gasteiger partial charge in [-0.25, -0.2) is 31.0 Å². The van der Waals surface area contributed by atoms with Gasteiger partial charge in [-0.3, -0.25) is 0 Å². The number of allylic oxidation sites excluding steroid dienone is 3. The number of aromatic nitrogens is 4. The van der Waals surface area contributed by atoms with Crippen LogP contribution in [0.2, 0.25) is 0 Å². The smallest absolute Gasteiger partial charge is 0.481 e. The van der Waals surface area contributed by atoms with Crippen molar-refractivity contribution in [2.75, 3.05) is 18.4 Å². The fraction of sp³-hybridized carbons (Fsp3) is 0.265. The number of nitrogens with one attached hydrogen (secondary N) is 3. The second kappa shape index (κ2) is 13.4. The van der Waals surface area contributed by atoms with E-state index in [1.54, 1.807) is 0 Å². The predicted molar refractivity (Wildman–Crippen MR) is 175 cm³/mol. The van der Waals surface area contributed by atoms with Gasteiger partial charge in [0.05, 0.1) is 22.9 Å². The highest BCUT2D eigenvalue weighted by molar-refractivity contribution is 6.57. The summed E-state index contributed by atoms with van der Waals surface area (Å²) < 4.78 is 161. The minimum atomic E-state index is -4.47. The van der Waals surface area contributed by atoms with Crippen LogP contribution in [0.25, 0.3) is 11.1 Å². The second-order valence-electron chi connectivity index (χ2n) is 13.0. The molecule has 4 aromatic rings. The van der Waals surface area contributed by atoms with Crippen LogP contribution in [0.4, 0.5) is 49.4 Å². The fourth-order valence-electron chi connectivity index (χ4n) is 7.33. The summed E-state index contributed by atoms with van der Waals surface area (Å²) in [6.07, 6.45) is 7.69. The lowest BCUT2D eigenvalue weighted by atomic mass is 9.86. The molecule has 3 N–H and O–H groups in total. The molecule has 0 bridgehead atoms. The number of fused-ring (bicyclic) bond motifs is 2. The largest absolute Gasteiger partial charge is 0.737 e. The lowest BCUT2D eigenvalue weighted by Gasteiger charge is -2.31. The molecule has 54 heavy (non-hydrogen) atoms. The molecule has 2 aromatic carbocycles. The molecule has 9 nitrogen and oxygen atoms in total. The summed E-state index contributed by atoms with van der Waals surface area (Å²) in [6.45, 7) is -4.79. The lowest BCUT2D eigenvalue weighted by molar-refractivity contribution is -0.356. The molecule has 2 saturated heterocycles. The third kappa shape index (κ3) is 5.56. The summed E-state index contributed by atoms with van der Waals surface area (Å²) in [6, 6.07) is 1.81. The quantitative estimate of drug-likeness (QED) is 0.105. The van der Waals surface area contributed by atoms with E-state index in [4.69, 9.17) is 4.74 Å². The summed E-state index contributed by atoms with van der Waals surface area (Å²) in [4.78, 5) is 0. The summed E-state index contributed by atoms with van der Waals surface area (Å²) >= 11 is 0. The van der Waals surface area contributed by atoms with Gasteiger partial charge >= 0.3 is 6.97 Å². The van der Waals surface area contributed by atoms with Crippen LogP contribution in [0.3, 0.4) is 0 Å². The Labute approximate surface area is 299 Å². The Morgan fingerprint density at radius 2 is 1.69 bits per heavy atom. The van der Waals surface area contributed by atoms with Crippen LogP contribution in [0.1, 0.15) is 48.2 Å². The zero-order chi connectivity index (χ0) is 38.1. The summed E-state index contributed by atoms with van der Waals surface area (Å²) in [5.74, 6) is -15.8. The number of nitrogens with zero attached hydrogens (tertiary/aromatic N) is 5. The highest BCUT2D eigenvalue weighted by Crippen LogP contribution is 2.43. The van der Waals surface area contributed by atoms with Crippen LogP contribution >= 0.6 is 0 Å². The summed E-state index contributed by atoms with van der Waals surface area (Å²) in [5.41, 5.74) is -4.00. The fourth-order valence-corrected chi connectivity index (χ4v) is 7.33. The van der Waals surface area contributed by atoms with E-state index >= 15 is 43.8 Å². The third-order valence-corrected chi connectivity index (χ3v) is 9.79. The minimum Gasteiger partial charge on any atom is -0.481 e. The average molecular weight is 764 g/mol. The van der Waals surface area contributed by atoms with E-state index in [0.717, 1.165) is 35.4 Å². The van der Waals surface area contributed by atoms with Crippen molar-refractivity contribution in [2.24, 2.45) is 0 Å². The molecule has 8 rings (SSSR count). The maximum absolute atomic E-state index is 15.6. The van der Waals surface area contributed by atoms with Gasteiger partial charge in [-0.15, -0.1) is 5.10 Å². The molecular formula is C34H27BF10N8O. The predicted octanol–water partition coefficient (Wildman–Crippen LogP) is 6.34. The topological polar surface area (TPSA) is 84.0 Å². The Kier molecular flexibility index (Phi) is 8.81. The van der Waals surface area contributed by atoms with Crippen LogP contribution in [0, 0.1) is 46.5 Å². The Bertz CT molecular complexity index is 2280. The number of hydrogen-bond donors (Lipinski definition) is 3. The van der Waals surface area contributed by atoms with E-state index in [1.165, 1.54) is 12.1 Å². The van der Waals surface area contributed by atoms with Gasteiger partial charge in [0.25, 0.3) is 0 Å². The molecule has 1 atom stereocenters. The van der Waals surface area contributed by atoms with Gasteiger partial charge in [-0.05, 0) is 50.6 Å². The van der Waals surface area contributed by atoms with Crippen LogP contribution in [0.5, 0.6) is 5.75 Å². The van der Waals surface area contributed by atoms with Gasteiger partial charge in [-0.1, -0.05) is 5.21 Å². The van der Waals surface area contributed by atoms with Gasteiger partial charge < -0.3 is 38.3 Å². The molecule has 6 heterocycles. The Balaban J connectivity index is 1.01. The van der Waals surface area contributed by atoms with Crippen LogP contribution in [-0.2, 0) is 13.3 Å². The molecule has 0 amide bonds. The van der Waals surface area contributed by atoms with Crippen molar-refractivity contribution in [1.82, 2.24) is 30.1 Å². The highest BCUT2D eigenvalue weighted by Gasteiger charge is 2.52. The summed E-state index contributed by atoms with van der Waals surface area (Å²) in [7, 11) is 0. The molecule has 282 valence electrons. The molecule has 2 fully saturated rings. The van der Waals surface area contributed by atoms with Gasteiger partial charge in [0, 0.05) is 41.7 Å². The molecule has 0 radical (unpaired) electrons. The van der Waals surface area contributed by atoms with E-state index in [0.29, 0.717) is 53.4 Å². The number of ether oxygens (including phenoxy) is 1. The van der Waals surface area contributed by atoms with Gasteiger partial charge in [0.15, 0.2) is 46.3 Å². The molecule has 2 aromatic heterocycles. The molecule has 4 aliphatic heterocycles. The normalized spacial score (nSPS) is 19.6. The van der Waals surface area contributed by atoms with Crippen LogP contribution in [-0.4, -0.2) is 56.3 Å². The maximum atomic E-state index is 15.6. The van der Waals surface area contributed by atoms with Crippen LogP contribution in [0.15, 0.2) is 48.1 Å². The monoisotopic (exact) mass is 764 g/mol. The second-order valence-corrected chi connectivity index (χ2v) is 13.0. The number of benzene rings is 2. The standard InChI is InChI=1S/C34H27BF10N8O/c36-25-23(21(17-5-1-9-46-17)18-6-2-10-47-18)26(37)30(41)33(29(25)40)48-15-51-13-16(49-50-51)14-54-34-31(42)27(38)24(28(39)32(34)43)22-19-7-3-11-52(19)35(44,45)53-12-4-8-20(22)53/h3-4,7-8,11-13,17,46-48H,1-2,5-6,9-10,14-15H2. The van der Waals surface area contributed by atoms with Crippen molar-refractivity contribution in [2.45, 2.75) is 45.0 Å². The molecule has 1 unspecified atom stereocenters. The molecular weight excluding hydrogens is 737 g/mol. The number of hydrogen-bond acceptors (Lipinski definition) is 6. The Morgan fingerprint density at radius 1 is 0.944 bits per heavy atom. The zero-order valence-electron chi connectivity index (χ0n) is 27.8. The highest BCUT2D eigenvalue weighted by atomic mass is 19.2. The molecule has 4 aliphatic rings. The molecule has 0 spiro atoms. The molecule has 0 saturated carbocycles. The van der Waals surface area contributed by atoms with Crippen molar-refractivity contribution >= 4 is 30.0 Å². The van der Waals surface area contributed by atoms with E-state index in [1.807, 2.05) is 0 Å². The number of rotatable bonds is 9. The van der Waals surface area contributed by atoms with Crippen molar-refractivity contribution in [3.05, 3.63) is 117 Å². The number of halogens is 10. The maximum Gasteiger partial charge on any atom is 0.737 e. The third-order valence-electron chi connectivity index (χ3n) is 9.79. The SMILES string of the molecule is Fc1c(F)c(C(=C2CCCN2)C2CCCN2)c(F)c(F)c1NCn1cc(COc2c(F)c(F)c(C3=C4C=CC=[N+]4[B-](F)(F)n4cccc43)c(F)c2F)nn1. The van der Waals surface area contributed by atoms with Crippen molar-refractivity contribution in [3.63, 3.8) is 0 Å². The van der Waals surface area contributed by atoms with E-state index in [9.17, 15) is 0 Å². The lowest BCUT2D eigenvalue weighted by Crippen LogP contribution is -2.49.